The van der Waals surface area contributed by atoms with E-state index in [1.54, 1.807) is 24.3 Å². The van der Waals surface area contributed by atoms with Gasteiger partial charge in [0.1, 0.15) is 5.75 Å². The third-order valence-electron chi connectivity index (χ3n) is 4.09. The normalized spacial score (nSPS) is 21.3. The summed E-state index contributed by atoms with van der Waals surface area (Å²) < 4.78 is 5.53. The Balaban J connectivity index is 1.92. The summed E-state index contributed by atoms with van der Waals surface area (Å²) in [6, 6.07) is 7.04. The van der Waals surface area contributed by atoms with Crippen molar-refractivity contribution in [3.8, 4) is 5.75 Å². The molecule has 1 heterocycles. The third kappa shape index (κ3) is 3.76. The highest BCUT2D eigenvalue weighted by molar-refractivity contribution is 5.93. The number of benzene rings is 1. The lowest BCUT2D eigenvalue weighted by Gasteiger charge is -2.38. The second-order valence-corrected chi connectivity index (χ2v) is 5.72. The number of nitrogens with zero attached hydrogens (tertiary/aromatic N) is 1. The molecule has 0 unspecified atom stereocenters. The Kier molecular flexibility index (Phi) is 5.38. The molecule has 1 aliphatic heterocycles. The van der Waals surface area contributed by atoms with E-state index in [2.05, 4.69) is 19.3 Å². The molecule has 0 radical (unpaired) electrons. The van der Waals surface area contributed by atoms with Crippen LogP contribution in [0.1, 0.15) is 43.5 Å². The maximum atomic E-state index is 12.3. The number of hydrazine groups is 1. The predicted molar refractivity (Wildman–Crippen MR) is 83.2 cm³/mol. The number of carbonyl (C=O) groups excluding carboxylic acids is 2. The lowest BCUT2D eigenvalue weighted by Crippen LogP contribution is -2.49. The molecule has 1 aromatic rings. The highest BCUT2D eigenvalue weighted by Gasteiger charge is 2.28. The summed E-state index contributed by atoms with van der Waals surface area (Å²) in [5.74, 6) is 5.26. The molecule has 6 heteroatoms. The average molecular weight is 305 g/mol. The lowest BCUT2D eigenvalue weighted by atomic mass is 9.97. The van der Waals surface area contributed by atoms with Crippen molar-refractivity contribution in [2.75, 3.05) is 6.61 Å². The maximum Gasteiger partial charge on any atom is 0.265 e. The van der Waals surface area contributed by atoms with Crippen LogP contribution in [0, 0.1) is 0 Å². The van der Waals surface area contributed by atoms with Gasteiger partial charge in [-0.25, -0.2) is 5.84 Å². The summed E-state index contributed by atoms with van der Waals surface area (Å²) in [5, 5.41) is 0. The van der Waals surface area contributed by atoms with Crippen LogP contribution in [-0.2, 0) is 4.79 Å². The topological polar surface area (TPSA) is 84.7 Å². The van der Waals surface area contributed by atoms with Crippen LogP contribution in [0.2, 0.25) is 0 Å². The van der Waals surface area contributed by atoms with E-state index in [1.165, 1.54) is 0 Å². The Bertz CT molecular complexity index is 520. The summed E-state index contributed by atoms with van der Waals surface area (Å²) in [5.41, 5.74) is 2.51. The minimum atomic E-state index is -0.362. The van der Waals surface area contributed by atoms with E-state index in [9.17, 15) is 9.59 Å². The van der Waals surface area contributed by atoms with Crippen molar-refractivity contribution in [1.82, 2.24) is 10.3 Å². The molecule has 22 heavy (non-hydrogen) atoms. The number of nitrogens with one attached hydrogen (secondary N) is 1. The fraction of sp³-hybridized carbons (Fsp3) is 0.500. The van der Waals surface area contributed by atoms with Crippen molar-refractivity contribution in [2.45, 2.75) is 45.2 Å². The van der Waals surface area contributed by atoms with Crippen molar-refractivity contribution in [1.29, 1.82) is 0 Å². The molecule has 0 bridgehead atoms. The molecule has 3 N–H and O–H groups in total. The number of ether oxygens (including phenoxy) is 1. The first kappa shape index (κ1) is 16.3. The SMILES string of the molecule is C[C@@H]1CCC[C@H](C)N1C(=O)COc1ccc(C(=O)NN)cc1. The van der Waals surface area contributed by atoms with Crippen LogP contribution in [0.15, 0.2) is 24.3 Å². The summed E-state index contributed by atoms with van der Waals surface area (Å²) in [6.45, 7) is 4.17. The van der Waals surface area contributed by atoms with Gasteiger partial charge in [-0.3, -0.25) is 15.0 Å². The van der Waals surface area contributed by atoms with Gasteiger partial charge in [0.25, 0.3) is 11.8 Å². The van der Waals surface area contributed by atoms with Gasteiger partial charge in [0.2, 0.25) is 0 Å². The smallest absolute Gasteiger partial charge is 0.265 e. The van der Waals surface area contributed by atoms with E-state index in [4.69, 9.17) is 10.6 Å². The zero-order chi connectivity index (χ0) is 16.1. The Morgan fingerprint density at radius 3 is 2.36 bits per heavy atom. The monoisotopic (exact) mass is 305 g/mol. The Hall–Kier alpha value is -2.08. The summed E-state index contributed by atoms with van der Waals surface area (Å²) in [6.07, 6.45) is 3.25. The zero-order valence-corrected chi connectivity index (χ0v) is 13.0. The molecule has 2 rings (SSSR count). The van der Waals surface area contributed by atoms with Crippen molar-refractivity contribution < 1.29 is 14.3 Å². The minimum Gasteiger partial charge on any atom is -0.484 e. The second kappa shape index (κ2) is 7.26. The van der Waals surface area contributed by atoms with E-state index in [-0.39, 0.29) is 30.5 Å². The maximum absolute atomic E-state index is 12.3. The van der Waals surface area contributed by atoms with Gasteiger partial charge in [-0.05, 0) is 57.4 Å². The molecule has 6 nitrogen and oxygen atoms in total. The van der Waals surface area contributed by atoms with Crippen molar-refractivity contribution >= 4 is 11.8 Å². The van der Waals surface area contributed by atoms with Gasteiger partial charge < -0.3 is 9.64 Å². The molecule has 1 aromatic carbocycles. The van der Waals surface area contributed by atoms with E-state index in [0.717, 1.165) is 19.3 Å². The number of hydrogen-bond donors (Lipinski definition) is 2. The molecule has 120 valence electrons. The van der Waals surface area contributed by atoms with E-state index in [0.29, 0.717) is 11.3 Å². The fourth-order valence-electron chi connectivity index (χ4n) is 2.92. The molecule has 0 aromatic heterocycles. The molecule has 0 saturated carbocycles. The fourth-order valence-corrected chi connectivity index (χ4v) is 2.92. The molecule has 0 aliphatic carbocycles. The second-order valence-electron chi connectivity index (χ2n) is 5.72. The summed E-state index contributed by atoms with van der Waals surface area (Å²) in [4.78, 5) is 25.6. The Morgan fingerprint density at radius 1 is 1.23 bits per heavy atom. The first-order valence-electron chi connectivity index (χ1n) is 7.58. The van der Waals surface area contributed by atoms with Crippen LogP contribution in [0.5, 0.6) is 5.75 Å². The summed E-state index contributed by atoms with van der Waals surface area (Å²) in [7, 11) is 0. The van der Waals surface area contributed by atoms with E-state index < -0.39 is 0 Å². The van der Waals surface area contributed by atoms with Gasteiger partial charge in [-0.2, -0.15) is 0 Å². The number of nitrogen functional groups attached to an aromatic ring is 1. The van der Waals surface area contributed by atoms with Crippen molar-refractivity contribution in [3.63, 3.8) is 0 Å². The number of hydrogen-bond acceptors (Lipinski definition) is 4. The number of rotatable bonds is 4. The first-order chi connectivity index (χ1) is 10.5. The molecular weight excluding hydrogens is 282 g/mol. The van der Waals surface area contributed by atoms with E-state index >= 15 is 0 Å². The molecule has 1 saturated heterocycles. The van der Waals surface area contributed by atoms with Crippen LogP contribution in [0.4, 0.5) is 0 Å². The first-order valence-corrected chi connectivity index (χ1v) is 7.58. The molecule has 1 aliphatic rings. The number of carbonyl (C=O) groups is 2. The number of piperidine rings is 1. The van der Waals surface area contributed by atoms with Crippen LogP contribution in [-0.4, -0.2) is 35.4 Å². The van der Waals surface area contributed by atoms with Crippen LogP contribution in [0.3, 0.4) is 0 Å². The molecule has 2 atom stereocenters. The van der Waals surface area contributed by atoms with Gasteiger partial charge in [0.05, 0.1) is 0 Å². The average Bonchev–Trinajstić information content (AvgIpc) is 2.52. The molecular formula is C16H23N3O3. The molecule has 1 fully saturated rings. The van der Waals surface area contributed by atoms with Crippen molar-refractivity contribution in [2.24, 2.45) is 5.84 Å². The van der Waals surface area contributed by atoms with Crippen LogP contribution < -0.4 is 16.0 Å². The number of likely N-dealkylation sites (tertiary alicyclic amines) is 1. The lowest BCUT2D eigenvalue weighted by molar-refractivity contribution is -0.139. The Labute approximate surface area is 130 Å². The largest absolute Gasteiger partial charge is 0.484 e. The van der Waals surface area contributed by atoms with Gasteiger partial charge in [-0.1, -0.05) is 0 Å². The van der Waals surface area contributed by atoms with Gasteiger partial charge in [0.15, 0.2) is 6.61 Å². The van der Waals surface area contributed by atoms with Gasteiger partial charge >= 0.3 is 0 Å². The zero-order valence-electron chi connectivity index (χ0n) is 13.0. The van der Waals surface area contributed by atoms with E-state index in [1.807, 2.05) is 4.90 Å². The minimum absolute atomic E-state index is 0.00322. The van der Waals surface area contributed by atoms with Crippen molar-refractivity contribution in [3.05, 3.63) is 29.8 Å². The standard InChI is InChI=1S/C16H23N3O3/c1-11-4-3-5-12(2)19(11)15(20)10-22-14-8-6-13(7-9-14)16(21)18-17/h6-9,11-12H,3-5,10,17H2,1-2H3,(H,18,21)/t11-,12+. The summed E-state index contributed by atoms with van der Waals surface area (Å²) >= 11 is 0. The number of amides is 2. The molecule has 2 amide bonds. The number of nitrogens with two attached hydrogens (primary N) is 1. The predicted octanol–water partition coefficient (Wildman–Crippen LogP) is 1.46. The van der Waals surface area contributed by atoms with Gasteiger partial charge in [-0.15, -0.1) is 0 Å². The Morgan fingerprint density at radius 2 is 1.82 bits per heavy atom. The van der Waals surface area contributed by atoms with Crippen LogP contribution >= 0.6 is 0 Å². The third-order valence-corrected chi connectivity index (χ3v) is 4.09. The highest BCUT2D eigenvalue weighted by Crippen LogP contribution is 2.22. The van der Waals surface area contributed by atoms with Crippen LogP contribution in [0.25, 0.3) is 0 Å². The quantitative estimate of drug-likeness (QED) is 0.501. The highest BCUT2D eigenvalue weighted by atomic mass is 16.5. The molecule has 0 spiro atoms. The van der Waals surface area contributed by atoms with Gasteiger partial charge in [0, 0.05) is 17.6 Å².